The van der Waals surface area contributed by atoms with Crippen molar-refractivity contribution in [2.75, 3.05) is 13.2 Å². The second-order valence-corrected chi connectivity index (χ2v) is 7.40. The number of nitrogens with zero attached hydrogens (tertiary/aromatic N) is 1. The van der Waals surface area contributed by atoms with Crippen molar-refractivity contribution in [2.24, 2.45) is 0 Å². The quantitative estimate of drug-likeness (QED) is 0.757. The Balaban J connectivity index is 1.53. The normalized spacial score (nSPS) is 18.9. The first-order chi connectivity index (χ1) is 15.0. The number of carbonyl (C=O) groups is 2. The molecule has 0 bridgehead atoms. The standard InChI is InChI=1S/C22H21F3N2O4/c23-17-3-1-2-16-18(17)21(29)27(14-8-10-30-11-9-14)19(16)20(28)26-12-13-4-6-15(7-5-13)31-22(24)25/h1-7,14,19,22H,8-12H2,(H,26,28). The maximum absolute atomic E-state index is 14.4. The van der Waals surface area contributed by atoms with Gasteiger partial charge in [0, 0.05) is 25.8 Å². The van der Waals surface area contributed by atoms with Gasteiger partial charge >= 0.3 is 6.61 Å². The van der Waals surface area contributed by atoms with Crippen LogP contribution in [-0.2, 0) is 16.1 Å². The summed E-state index contributed by atoms with van der Waals surface area (Å²) in [6, 6.07) is 8.99. The zero-order valence-electron chi connectivity index (χ0n) is 16.5. The van der Waals surface area contributed by atoms with E-state index in [0.717, 1.165) is 0 Å². The highest BCUT2D eigenvalue weighted by Crippen LogP contribution is 2.38. The lowest BCUT2D eigenvalue weighted by atomic mass is 10.0. The summed E-state index contributed by atoms with van der Waals surface area (Å²) in [4.78, 5) is 27.6. The lowest BCUT2D eigenvalue weighted by Crippen LogP contribution is -2.46. The number of hydrogen-bond donors (Lipinski definition) is 1. The first-order valence-electron chi connectivity index (χ1n) is 9.96. The first kappa shape index (κ1) is 21.2. The Morgan fingerprint density at radius 2 is 1.87 bits per heavy atom. The lowest BCUT2D eigenvalue weighted by Gasteiger charge is -2.35. The molecule has 0 aromatic heterocycles. The van der Waals surface area contributed by atoms with Gasteiger partial charge in [0.25, 0.3) is 5.91 Å². The van der Waals surface area contributed by atoms with Gasteiger partial charge in [-0.2, -0.15) is 8.78 Å². The fourth-order valence-corrected chi connectivity index (χ4v) is 4.07. The van der Waals surface area contributed by atoms with Crippen molar-refractivity contribution in [2.45, 2.75) is 38.1 Å². The average molecular weight is 434 g/mol. The molecule has 2 aromatic carbocycles. The van der Waals surface area contributed by atoms with E-state index in [0.29, 0.717) is 37.2 Å². The van der Waals surface area contributed by atoms with Crippen LogP contribution in [-0.4, -0.2) is 42.6 Å². The van der Waals surface area contributed by atoms with Crippen LogP contribution < -0.4 is 10.1 Å². The van der Waals surface area contributed by atoms with Crippen LogP contribution in [0.2, 0.25) is 0 Å². The van der Waals surface area contributed by atoms with Crippen molar-refractivity contribution in [3.05, 3.63) is 65.0 Å². The predicted octanol–water partition coefficient (Wildman–Crippen LogP) is 3.42. The maximum atomic E-state index is 14.4. The summed E-state index contributed by atoms with van der Waals surface area (Å²) in [7, 11) is 0. The van der Waals surface area contributed by atoms with Gasteiger partial charge in [0.15, 0.2) is 0 Å². The van der Waals surface area contributed by atoms with E-state index in [-0.39, 0.29) is 23.9 Å². The molecule has 31 heavy (non-hydrogen) atoms. The zero-order valence-corrected chi connectivity index (χ0v) is 16.5. The molecule has 1 atom stereocenters. The Morgan fingerprint density at radius 3 is 2.55 bits per heavy atom. The van der Waals surface area contributed by atoms with Crippen LogP contribution in [0.1, 0.15) is 40.4 Å². The number of rotatable bonds is 6. The topological polar surface area (TPSA) is 67.9 Å². The number of amides is 2. The molecule has 2 amide bonds. The molecule has 164 valence electrons. The molecule has 2 aliphatic rings. The van der Waals surface area contributed by atoms with Gasteiger partial charge in [0.1, 0.15) is 17.6 Å². The Bertz CT molecular complexity index is 962. The summed E-state index contributed by atoms with van der Waals surface area (Å²) in [6.45, 7) is -1.87. The van der Waals surface area contributed by atoms with E-state index >= 15 is 0 Å². The first-order valence-corrected chi connectivity index (χ1v) is 9.96. The van der Waals surface area contributed by atoms with Gasteiger partial charge in [-0.25, -0.2) is 4.39 Å². The van der Waals surface area contributed by atoms with E-state index in [1.54, 1.807) is 18.2 Å². The summed E-state index contributed by atoms with van der Waals surface area (Å²) in [5.41, 5.74) is 0.939. The van der Waals surface area contributed by atoms with Crippen LogP contribution in [0.4, 0.5) is 13.2 Å². The van der Waals surface area contributed by atoms with Gasteiger partial charge in [-0.3, -0.25) is 9.59 Å². The van der Waals surface area contributed by atoms with E-state index in [1.807, 2.05) is 0 Å². The molecule has 2 aliphatic heterocycles. The van der Waals surface area contributed by atoms with E-state index in [4.69, 9.17) is 4.74 Å². The van der Waals surface area contributed by atoms with Crippen molar-refractivity contribution in [3.63, 3.8) is 0 Å². The Morgan fingerprint density at radius 1 is 1.16 bits per heavy atom. The van der Waals surface area contributed by atoms with Gasteiger partial charge in [0.2, 0.25) is 5.91 Å². The monoisotopic (exact) mass is 434 g/mol. The fraction of sp³-hybridized carbons (Fsp3) is 0.364. The summed E-state index contributed by atoms with van der Waals surface area (Å²) >= 11 is 0. The van der Waals surface area contributed by atoms with Crippen molar-refractivity contribution >= 4 is 11.8 Å². The molecular weight excluding hydrogens is 413 g/mol. The van der Waals surface area contributed by atoms with Gasteiger partial charge in [-0.05, 0) is 42.2 Å². The third-order valence-electron chi connectivity index (χ3n) is 5.51. The van der Waals surface area contributed by atoms with Gasteiger partial charge in [-0.15, -0.1) is 0 Å². The minimum atomic E-state index is -2.91. The molecule has 0 radical (unpaired) electrons. The molecule has 0 saturated carbocycles. The largest absolute Gasteiger partial charge is 0.435 e. The molecule has 1 saturated heterocycles. The second kappa shape index (κ2) is 8.97. The minimum absolute atomic E-state index is 0.0153. The number of carbonyl (C=O) groups excluding carboxylic acids is 2. The van der Waals surface area contributed by atoms with E-state index in [9.17, 15) is 22.8 Å². The SMILES string of the molecule is O=C(NCc1ccc(OC(F)F)cc1)C1c2cccc(F)c2C(=O)N1C1CCOCC1. The second-order valence-electron chi connectivity index (χ2n) is 7.40. The summed E-state index contributed by atoms with van der Waals surface area (Å²) in [5.74, 6) is -1.56. The molecular formula is C22H21F3N2O4. The molecule has 2 aromatic rings. The van der Waals surface area contributed by atoms with Crippen LogP contribution in [0.15, 0.2) is 42.5 Å². The van der Waals surface area contributed by atoms with Crippen LogP contribution in [0.3, 0.4) is 0 Å². The number of benzene rings is 2. The number of fused-ring (bicyclic) bond motifs is 1. The number of halogens is 3. The Labute approximate surface area is 176 Å². The predicted molar refractivity (Wildman–Crippen MR) is 104 cm³/mol. The molecule has 6 nitrogen and oxygen atoms in total. The van der Waals surface area contributed by atoms with Gasteiger partial charge < -0.3 is 19.7 Å². The highest BCUT2D eigenvalue weighted by Gasteiger charge is 2.46. The Kier molecular flexibility index (Phi) is 6.13. The van der Waals surface area contributed by atoms with Crippen LogP contribution in [0.25, 0.3) is 0 Å². The minimum Gasteiger partial charge on any atom is -0.435 e. The smallest absolute Gasteiger partial charge is 0.387 e. The molecule has 0 spiro atoms. The van der Waals surface area contributed by atoms with Gasteiger partial charge in [0.05, 0.1) is 5.56 Å². The maximum Gasteiger partial charge on any atom is 0.387 e. The van der Waals surface area contributed by atoms with Crippen molar-refractivity contribution < 1.29 is 32.2 Å². The lowest BCUT2D eigenvalue weighted by molar-refractivity contribution is -0.127. The van der Waals surface area contributed by atoms with Crippen molar-refractivity contribution in [3.8, 4) is 5.75 Å². The molecule has 0 aliphatic carbocycles. The number of ether oxygens (including phenoxy) is 2. The summed E-state index contributed by atoms with van der Waals surface area (Å²) in [5, 5.41) is 2.78. The number of hydrogen-bond acceptors (Lipinski definition) is 4. The summed E-state index contributed by atoms with van der Waals surface area (Å²) in [6.07, 6.45) is 1.13. The van der Waals surface area contributed by atoms with Crippen LogP contribution in [0.5, 0.6) is 5.75 Å². The molecule has 2 heterocycles. The van der Waals surface area contributed by atoms with E-state index in [2.05, 4.69) is 10.1 Å². The van der Waals surface area contributed by atoms with Crippen LogP contribution >= 0.6 is 0 Å². The molecule has 4 rings (SSSR count). The third kappa shape index (κ3) is 4.36. The van der Waals surface area contributed by atoms with Crippen molar-refractivity contribution in [1.29, 1.82) is 0 Å². The highest BCUT2D eigenvalue weighted by molar-refractivity contribution is 6.05. The summed E-state index contributed by atoms with van der Waals surface area (Å²) < 4.78 is 48.6. The average Bonchev–Trinajstić information content (AvgIpc) is 3.07. The van der Waals surface area contributed by atoms with E-state index < -0.39 is 30.3 Å². The van der Waals surface area contributed by atoms with Crippen LogP contribution in [0, 0.1) is 5.82 Å². The highest BCUT2D eigenvalue weighted by atomic mass is 19.3. The molecule has 1 N–H and O–H groups in total. The van der Waals surface area contributed by atoms with E-state index in [1.165, 1.54) is 29.2 Å². The molecule has 1 fully saturated rings. The number of alkyl halides is 2. The fourth-order valence-electron chi connectivity index (χ4n) is 4.07. The molecule has 9 heteroatoms. The zero-order chi connectivity index (χ0) is 22.0. The van der Waals surface area contributed by atoms with Gasteiger partial charge in [-0.1, -0.05) is 24.3 Å². The number of nitrogens with one attached hydrogen (secondary N) is 1. The molecule has 1 unspecified atom stereocenters. The third-order valence-corrected chi connectivity index (χ3v) is 5.51. The van der Waals surface area contributed by atoms with Crippen molar-refractivity contribution in [1.82, 2.24) is 10.2 Å². The Hall–Kier alpha value is -3.07.